The van der Waals surface area contributed by atoms with Gasteiger partial charge in [-0.2, -0.15) is 0 Å². The van der Waals surface area contributed by atoms with Crippen molar-refractivity contribution in [2.75, 3.05) is 18.4 Å². The third kappa shape index (κ3) is 3.77. The lowest BCUT2D eigenvalue weighted by molar-refractivity contribution is -0.127. The molecule has 1 aromatic heterocycles. The first-order valence-corrected chi connectivity index (χ1v) is 8.68. The maximum atomic E-state index is 12.4. The van der Waals surface area contributed by atoms with Crippen molar-refractivity contribution < 1.29 is 9.59 Å². The van der Waals surface area contributed by atoms with E-state index in [1.54, 1.807) is 5.51 Å². The van der Waals surface area contributed by atoms with E-state index in [1.165, 1.54) is 11.3 Å². The van der Waals surface area contributed by atoms with Crippen molar-refractivity contribution in [3.63, 3.8) is 0 Å². The summed E-state index contributed by atoms with van der Waals surface area (Å²) in [7, 11) is 0. The molecule has 0 spiro atoms. The van der Waals surface area contributed by atoms with Crippen LogP contribution in [-0.2, 0) is 9.59 Å². The Kier molecular flexibility index (Phi) is 5.17. The molecule has 2 atom stereocenters. The molecule has 2 aromatic rings. The number of hydrogen-bond donors (Lipinski definition) is 2. The van der Waals surface area contributed by atoms with Crippen LogP contribution in [0, 0.1) is 5.92 Å². The number of hydrogen-bond acceptors (Lipinski definition) is 6. The molecule has 1 saturated heterocycles. The van der Waals surface area contributed by atoms with Crippen molar-refractivity contribution in [2.24, 2.45) is 11.7 Å². The Labute approximate surface area is 143 Å². The van der Waals surface area contributed by atoms with Gasteiger partial charge in [-0.25, -0.2) is 0 Å². The zero-order valence-electron chi connectivity index (χ0n) is 13.1. The Morgan fingerprint density at radius 1 is 1.33 bits per heavy atom. The van der Waals surface area contributed by atoms with Gasteiger partial charge in [-0.05, 0) is 24.9 Å². The molecule has 1 aliphatic rings. The molecule has 24 heavy (non-hydrogen) atoms. The lowest BCUT2D eigenvalue weighted by Crippen LogP contribution is -2.46. The average Bonchev–Trinajstić information content (AvgIpc) is 3.09. The number of carbonyl (C=O) groups is 2. The molecule has 1 aromatic carbocycles. The van der Waals surface area contributed by atoms with Crippen molar-refractivity contribution in [1.82, 2.24) is 15.1 Å². The SMILES string of the molecule is NC(=O)C(c1ccccc1)N1CCCC(C(=O)Nc2nncs2)C1. The highest BCUT2D eigenvalue weighted by atomic mass is 32.1. The molecule has 2 heterocycles. The maximum absolute atomic E-state index is 12.4. The largest absolute Gasteiger partial charge is 0.368 e. The first kappa shape index (κ1) is 16.5. The van der Waals surface area contributed by atoms with Crippen LogP contribution in [-0.4, -0.2) is 40.0 Å². The van der Waals surface area contributed by atoms with Crippen LogP contribution < -0.4 is 11.1 Å². The molecular formula is C16H19N5O2S. The van der Waals surface area contributed by atoms with E-state index in [2.05, 4.69) is 15.5 Å². The predicted molar refractivity (Wildman–Crippen MR) is 91.2 cm³/mol. The van der Waals surface area contributed by atoms with Gasteiger partial charge in [0, 0.05) is 6.54 Å². The van der Waals surface area contributed by atoms with Crippen molar-refractivity contribution in [1.29, 1.82) is 0 Å². The lowest BCUT2D eigenvalue weighted by atomic mass is 9.94. The lowest BCUT2D eigenvalue weighted by Gasteiger charge is -2.36. The van der Waals surface area contributed by atoms with Crippen LogP contribution in [0.15, 0.2) is 35.8 Å². The highest BCUT2D eigenvalue weighted by Gasteiger charge is 2.33. The van der Waals surface area contributed by atoms with Gasteiger partial charge in [-0.15, -0.1) is 10.2 Å². The second-order valence-electron chi connectivity index (χ2n) is 5.78. The molecule has 3 rings (SSSR count). The van der Waals surface area contributed by atoms with Crippen molar-refractivity contribution in [3.05, 3.63) is 41.4 Å². The van der Waals surface area contributed by atoms with Crippen molar-refractivity contribution in [2.45, 2.75) is 18.9 Å². The average molecular weight is 345 g/mol. The molecule has 1 aliphatic heterocycles. The minimum absolute atomic E-state index is 0.0901. The molecule has 2 amide bonds. The molecule has 0 aliphatic carbocycles. The fourth-order valence-corrected chi connectivity index (χ4v) is 3.53. The molecule has 7 nitrogen and oxygen atoms in total. The summed E-state index contributed by atoms with van der Waals surface area (Å²) >= 11 is 1.28. The number of nitrogens with one attached hydrogen (secondary N) is 1. The molecule has 8 heteroatoms. The van der Waals surface area contributed by atoms with Crippen LogP contribution in [0.3, 0.4) is 0 Å². The van der Waals surface area contributed by atoms with Crippen molar-refractivity contribution >= 4 is 28.3 Å². The van der Waals surface area contributed by atoms with Crippen LogP contribution in [0.4, 0.5) is 5.13 Å². The van der Waals surface area contributed by atoms with Gasteiger partial charge in [0.1, 0.15) is 11.6 Å². The zero-order chi connectivity index (χ0) is 16.9. The number of benzene rings is 1. The smallest absolute Gasteiger partial charge is 0.239 e. The second-order valence-corrected chi connectivity index (χ2v) is 6.62. The number of rotatable bonds is 5. The Bertz CT molecular complexity index is 692. The van der Waals surface area contributed by atoms with E-state index in [9.17, 15) is 9.59 Å². The van der Waals surface area contributed by atoms with Gasteiger partial charge < -0.3 is 11.1 Å². The van der Waals surface area contributed by atoms with Crippen molar-refractivity contribution in [3.8, 4) is 0 Å². The standard InChI is InChI=1S/C16H19N5O2S/c17-14(22)13(11-5-2-1-3-6-11)21-8-4-7-12(9-21)15(23)19-16-20-18-10-24-16/h1-3,5-6,10,12-13H,4,7-9H2,(H2,17,22)(H,19,20,23). The minimum Gasteiger partial charge on any atom is -0.368 e. The first-order chi connectivity index (χ1) is 11.6. The number of amides is 2. The predicted octanol–water partition coefficient (Wildman–Crippen LogP) is 1.42. The van der Waals surface area contributed by atoms with E-state index in [0.29, 0.717) is 11.7 Å². The topological polar surface area (TPSA) is 101 Å². The number of nitrogens with zero attached hydrogens (tertiary/aromatic N) is 3. The van der Waals surface area contributed by atoms with Crippen LogP contribution in [0.2, 0.25) is 0 Å². The normalized spacial score (nSPS) is 19.6. The summed E-state index contributed by atoms with van der Waals surface area (Å²) in [6, 6.07) is 8.93. The Morgan fingerprint density at radius 3 is 2.79 bits per heavy atom. The summed E-state index contributed by atoms with van der Waals surface area (Å²) in [6.45, 7) is 1.23. The van der Waals surface area contributed by atoms with E-state index in [-0.39, 0.29) is 11.8 Å². The van der Waals surface area contributed by atoms with Crippen LogP contribution >= 0.6 is 11.3 Å². The third-order valence-electron chi connectivity index (χ3n) is 4.16. The number of anilines is 1. The number of carbonyl (C=O) groups excluding carboxylic acids is 2. The highest BCUT2D eigenvalue weighted by Crippen LogP contribution is 2.27. The van der Waals surface area contributed by atoms with Gasteiger partial charge in [0.05, 0.1) is 5.92 Å². The minimum atomic E-state index is -0.511. The third-order valence-corrected chi connectivity index (χ3v) is 4.77. The van der Waals surface area contributed by atoms with E-state index in [4.69, 9.17) is 5.73 Å². The summed E-state index contributed by atoms with van der Waals surface area (Å²) in [6.07, 6.45) is 1.62. The Hall–Kier alpha value is -2.32. The van der Waals surface area contributed by atoms with E-state index < -0.39 is 11.9 Å². The second kappa shape index (κ2) is 7.50. The fraction of sp³-hybridized carbons (Fsp3) is 0.375. The molecule has 1 fully saturated rings. The van der Waals surface area contributed by atoms with Crippen LogP contribution in [0.5, 0.6) is 0 Å². The van der Waals surface area contributed by atoms with Gasteiger partial charge in [-0.3, -0.25) is 14.5 Å². The van der Waals surface area contributed by atoms with Crippen LogP contribution in [0.25, 0.3) is 0 Å². The van der Waals surface area contributed by atoms with E-state index in [0.717, 1.165) is 24.9 Å². The number of likely N-dealkylation sites (tertiary alicyclic amines) is 1. The number of piperidine rings is 1. The fourth-order valence-electron chi connectivity index (χ4n) is 3.08. The van der Waals surface area contributed by atoms with Crippen LogP contribution in [0.1, 0.15) is 24.4 Å². The summed E-state index contributed by atoms with van der Waals surface area (Å²) in [5.41, 5.74) is 8.06. The number of nitrogens with two attached hydrogens (primary N) is 1. The summed E-state index contributed by atoms with van der Waals surface area (Å²) in [4.78, 5) is 26.4. The Morgan fingerprint density at radius 2 is 2.12 bits per heavy atom. The van der Waals surface area contributed by atoms with Gasteiger partial charge in [0.15, 0.2) is 0 Å². The first-order valence-electron chi connectivity index (χ1n) is 7.80. The Balaban J connectivity index is 1.71. The molecule has 0 radical (unpaired) electrons. The molecule has 0 bridgehead atoms. The maximum Gasteiger partial charge on any atom is 0.239 e. The summed E-state index contributed by atoms with van der Waals surface area (Å²) < 4.78 is 0. The molecular weight excluding hydrogens is 326 g/mol. The van der Waals surface area contributed by atoms with Gasteiger partial charge in [-0.1, -0.05) is 41.7 Å². The summed E-state index contributed by atoms with van der Waals surface area (Å²) in [5.74, 6) is -0.688. The quantitative estimate of drug-likeness (QED) is 0.853. The van der Waals surface area contributed by atoms with E-state index >= 15 is 0 Å². The van der Waals surface area contributed by atoms with E-state index in [1.807, 2.05) is 35.2 Å². The number of aromatic nitrogens is 2. The number of primary amides is 1. The molecule has 2 unspecified atom stereocenters. The molecule has 3 N–H and O–H groups in total. The monoisotopic (exact) mass is 345 g/mol. The molecule has 0 saturated carbocycles. The zero-order valence-corrected chi connectivity index (χ0v) is 13.9. The van der Waals surface area contributed by atoms with Gasteiger partial charge in [0.2, 0.25) is 16.9 Å². The highest BCUT2D eigenvalue weighted by molar-refractivity contribution is 7.13. The van der Waals surface area contributed by atoms with Gasteiger partial charge in [0.25, 0.3) is 0 Å². The van der Waals surface area contributed by atoms with Gasteiger partial charge >= 0.3 is 0 Å². The summed E-state index contributed by atoms with van der Waals surface area (Å²) in [5, 5.41) is 10.8. The molecule has 126 valence electrons.